The van der Waals surface area contributed by atoms with E-state index in [2.05, 4.69) is 93.2 Å². The summed E-state index contributed by atoms with van der Waals surface area (Å²) >= 11 is 30.7. The van der Waals surface area contributed by atoms with Crippen molar-refractivity contribution in [2.24, 2.45) is 11.8 Å². The molecule has 3 atom stereocenters. The molecule has 0 radical (unpaired) electrons. The summed E-state index contributed by atoms with van der Waals surface area (Å²) in [6, 6.07) is 54.5. The van der Waals surface area contributed by atoms with Gasteiger partial charge in [-0.3, -0.25) is 29.4 Å². The molecule has 34 heteroatoms. The van der Waals surface area contributed by atoms with E-state index in [0.29, 0.717) is 45.0 Å². The zero-order valence-electron chi connectivity index (χ0n) is 70.3. The Labute approximate surface area is 794 Å². The second-order valence-electron chi connectivity index (χ2n) is 26.2. The van der Waals surface area contributed by atoms with Crippen LogP contribution in [0.25, 0.3) is 10.3 Å². The van der Waals surface area contributed by atoms with E-state index in [1.54, 1.807) is 40.6 Å². The number of carbonyl (C=O) groups is 5. The lowest BCUT2D eigenvalue weighted by molar-refractivity contribution is -0.165. The highest BCUT2D eigenvalue weighted by Crippen LogP contribution is 2.46. The van der Waals surface area contributed by atoms with Crippen LogP contribution in [0, 0.1) is 58.8 Å². The molecule has 2 heterocycles. The average molecular weight is 2140 g/mol. The van der Waals surface area contributed by atoms with Crippen LogP contribution in [-0.2, 0) is 54.1 Å². The minimum atomic E-state index is -1.83. The Morgan fingerprint density at radius 1 is 0.598 bits per heavy atom. The van der Waals surface area contributed by atoms with Gasteiger partial charge in [0.15, 0.2) is 5.58 Å². The molecule has 8 N–H and O–H groups in total. The van der Waals surface area contributed by atoms with Crippen molar-refractivity contribution in [3.05, 3.63) is 255 Å². The number of carboxylic acids is 1. The van der Waals surface area contributed by atoms with Gasteiger partial charge in [-0.25, -0.2) is 4.79 Å². The monoisotopic (exact) mass is 2140 g/mol. The number of rotatable bonds is 20. The van der Waals surface area contributed by atoms with Gasteiger partial charge in [-0.2, -0.15) is 0 Å². The number of ether oxygens (including phenoxy) is 5. The maximum atomic E-state index is 12.1. The fourth-order valence-electron chi connectivity index (χ4n) is 8.84. The van der Waals surface area contributed by atoms with Gasteiger partial charge in [-0.1, -0.05) is 253 Å². The van der Waals surface area contributed by atoms with Gasteiger partial charge in [0, 0.05) is 72.6 Å². The summed E-state index contributed by atoms with van der Waals surface area (Å²) in [5.74, 6) is -1.25. The summed E-state index contributed by atoms with van der Waals surface area (Å²) in [6.07, 6.45) is 5.90. The number of aromatic hydroxyl groups is 5. The maximum absolute atomic E-state index is 12.1. The Kier molecular flexibility index (Phi) is 64.1. The van der Waals surface area contributed by atoms with Crippen LogP contribution in [-0.4, -0.2) is 113 Å². The molecule has 9 aromatic rings. The van der Waals surface area contributed by atoms with Gasteiger partial charge in [-0.15, -0.1) is 12.6 Å². The van der Waals surface area contributed by atoms with E-state index in [1.807, 2.05) is 233 Å². The van der Waals surface area contributed by atoms with Crippen LogP contribution in [0.3, 0.4) is 0 Å². The number of hydrogen-bond donors (Lipinski definition) is 9. The van der Waals surface area contributed by atoms with E-state index in [9.17, 15) is 44.1 Å². The SMILES string of the molecule is C=CCOC(=O)C[C@H](C)C(=O)O.C=CCOC(=O)C[C@H](C)C(=O)OC(C)(C)c1ccccc1.CC(C)(OC(=N)C(Cl)(Cl)Cl)c1ccccc1.CC1CCCO1.CCSSc1cccc(C)c1O.CO.Cc1cccc(S)c1O.Cc1cccc(SSc2cccc(C)c2O)c1O.Cc1cccc2sc(=O)oc12.Cc1ccccc1O.II.O=C(Cl)SCl. The highest BCUT2D eigenvalue weighted by molar-refractivity contribution is 15.0. The lowest BCUT2D eigenvalue weighted by Gasteiger charge is -2.29. The molecular weight excluding hydrogens is 2030 g/mol. The largest absolute Gasteiger partial charge is 0.508 e. The number of para-hydroxylation sites is 6. The molecule has 1 aliphatic rings. The van der Waals surface area contributed by atoms with E-state index >= 15 is 0 Å². The molecule has 0 amide bonds. The molecule has 1 saturated heterocycles. The Bertz CT molecular complexity index is 4540. The highest BCUT2D eigenvalue weighted by Gasteiger charge is 2.35. The summed E-state index contributed by atoms with van der Waals surface area (Å²) < 4.78 is 29.0. The van der Waals surface area contributed by atoms with Crippen LogP contribution in [0.2, 0.25) is 0 Å². The number of aliphatic carboxylic acids is 1. The Morgan fingerprint density at radius 2 is 0.984 bits per heavy atom. The van der Waals surface area contributed by atoms with Crippen molar-refractivity contribution in [1.82, 2.24) is 0 Å². The first kappa shape index (κ1) is 118. The number of thiol groups is 1. The molecule has 0 spiro atoms. The summed E-state index contributed by atoms with van der Waals surface area (Å²) in [4.78, 5) is 67.8. The first-order valence-corrected chi connectivity index (χ1v) is 52.0. The van der Waals surface area contributed by atoms with Gasteiger partial charge in [0.1, 0.15) is 53.2 Å². The third kappa shape index (κ3) is 50.9. The first-order valence-electron chi connectivity index (χ1n) is 36.8. The third-order valence-electron chi connectivity index (χ3n) is 15.6. The number of carbonyl (C=O) groups excluding carboxylic acids is 4. The molecule has 1 aliphatic heterocycles. The number of halogens is 7. The van der Waals surface area contributed by atoms with Gasteiger partial charge in [0.25, 0.3) is 8.37 Å². The number of benzene rings is 8. The molecule has 8 aromatic carbocycles. The van der Waals surface area contributed by atoms with Crippen molar-refractivity contribution in [1.29, 1.82) is 5.41 Å². The summed E-state index contributed by atoms with van der Waals surface area (Å²) in [5.41, 5.74) is 6.55. The molecule has 1 fully saturated rings. The zero-order valence-corrected chi connectivity index (χ0v) is 84.2. The second kappa shape index (κ2) is 66.3. The molecule has 122 heavy (non-hydrogen) atoms. The molecule has 0 aliphatic carbocycles. The molecule has 670 valence electrons. The summed E-state index contributed by atoms with van der Waals surface area (Å²) in [5, 5.41) is 70.4. The number of carboxylic acid groups (broad SMARTS) is 1. The van der Waals surface area contributed by atoms with E-state index in [0.717, 1.165) is 100 Å². The highest BCUT2D eigenvalue weighted by atomic mass is 128. The summed E-state index contributed by atoms with van der Waals surface area (Å²) in [7, 11) is 12.5. The van der Waals surface area contributed by atoms with Crippen molar-refractivity contribution < 1.29 is 87.8 Å². The fraction of sp³-hybridized carbons (Fsp3) is 0.330. The topological polar surface area (TPSA) is 327 Å². The van der Waals surface area contributed by atoms with Crippen molar-refractivity contribution >= 4 is 217 Å². The van der Waals surface area contributed by atoms with Crippen molar-refractivity contribution in [3.8, 4) is 28.7 Å². The smallest absolute Gasteiger partial charge is 0.396 e. The van der Waals surface area contributed by atoms with Gasteiger partial charge in [0.2, 0.25) is 5.90 Å². The van der Waals surface area contributed by atoms with Crippen molar-refractivity contribution in [3.63, 3.8) is 0 Å². The molecule has 1 aromatic heterocycles. The average Bonchev–Trinajstić information content (AvgIpc) is 1.71. The maximum Gasteiger partial charge on any atom is 0.396 e. The third-order valence-corrected chi connectivity index (χ3v) is 23.2. The van der Waals surface area contributed by atoms with Gasteiger partial charge < -0.3 is 63.8 Å². The number of phenols is 5. The number of nitrogens with one attached hydrogen (secondary N) is 1. The Balaban J connectivity index is 0. The number of aryl methyl sites for hydroxylation is 6. The predicted molar refractivity (Wildman–Crippen MR) is 529 cm³/mol. The molecule has 1 unspecified atom stereocenters. The number of alkyl halides is 3. The first-order chi connectivity index (χ1) is 57.5. The lowest BCUT2D eigenvalue weighted by Crippen LogP contribution is -2.31. The minimum absolute atomic E-state index is 0.00244. The van der Waals surface area contributed by atoms with Gasteiger partial charge in [0.05, 0.1) is 50.2 Å². The Morgan fingerprint density at radius 3 is 1.33 bits per heavy atom. The fourth-order valence-corrected chi connectivity index (χ4v) is 14.0. The number of fused-ring (bicyclic) bond motifs is 1. The van der Waals surface area contributed by atoms with Crippen molar-refractivity contribution in [2.75, 3.05) is 32.7 Å². The van der Waals surface area contributed by atoms with E-state index < -0.39 is 55.3 Å². The molecule has 0 saturated carbocycles. The number of hydrogen-bond acceptors (Lipinski definition) is 26. The predicted octanol–water partition coefficient (Wildman–Crippen LogP) is 27.0. The molecule has 20 nitrogen and oxygen atoms in total. The standard InChI is InChI=1S/C17H22O4.C14H14O2S2.C11H12Cl3NO.C9H12OS2.C8H12O4.C8H6O2S.C7H8OS.C7H8O.C5H10O.CCl2OS.CH4O.I2/c1-5-11-20-15(18)12-13(2)16(19)21-17(3,4)14-9-7-6-8-10-14;1-9-5-3-7-11(13(9)15)17-18-12-8-4-6-10(2)14(12)16;1-10(2,8-6-4-3-5-7-8)16-9(15)11(12,13)14;1-3-11-12-8-6-4-5-7(2)9(8)10;1-3-4-12-7(9)5-6(2)8(10)11;1-5-3-2-4-6-7(5)10-8(9)11-6;1-5-3-2-4-6(9)7(5)8;1-6-4-2-3-5-7(6)8;1-5-3-2-4-6-5;2-1(4)5-3;2*1-2/h5-10,13H,1,11-12H2,2-4H3;3-8,15-16H,1-2H3;3-7,15H,1-2H3;4-6,10H,3H2,1-2H3;3,6H,1,4-5H2,2H3,(H,10,11);2-4H,1H3;2-4,8-9H,1H3;2-5,8H,1H3;5H,2-4H2,1H3;;2H,1H3;/t13-;;;;6-;;;;;;;/m0...0......./s1. The summed E-state index contributed by atoms with van der Waals surface area (Å²) in [6.45, 7) is 34.0. The van der Waals surface area contributed by atoms with Gasteiger partial charge >= 0.3 is 28.8 Å². The zero-order chi connectivity index (χ0) is 93.3. The van der Waals surface area contributed by atoms with Crippen LogP contribution in [0.5, 0.6) is 28.7 Å². The van der Waals surface area contributed by atoms with E-state index in [4.69, 9.17) is 94.7 Å². The van der Waals surface area contributed by atoms with Crippen LogP contribution in [0.15, 0.2) is 230 Å². The van der Waals surface area contributed by atoms with E-state index in [1.165, 1.54) is 53.5 Å². The van der Waals surface area contributed by atoms with Crippen molar-refractivity contribution in [2.45, 2.75) is 163 Å². The second-order valence-corrected chi connectivity index (χ2v) is 36.4. The van der Waals surface area contributed by atoms with E-state index in [-0.39, 0.29) is 42.6 Å². The normalized spacial score (nSPS) is 11.8. The quantitative estimate of drug-likeness (QED) is 0.00327. The molecular formula is C88H108Cl5I2NO19S7. The van der Waals surface area contributed by atoms with Crippen LogP contribution in [0.4, 0.5) is 4.79 Å². The van der Waals surface area contributed by atoms with Crippen LogP contribution >= 0.6 is 172 Å². The molecule has 10 rings (SSSR count). The van der Waals surface area contributed by atoms with Gasteiger partial charge in [-0.05, 0) is 214 Å². The van der Waals surface area contributed by atoms with Crippen LogP contribution < -0.4 is 4.94 Å². The number of esters is 3. The Hall–Kier alpha value is -6.12. The lowest BCUT2D eigenvalue weighted by atomic mass is 9.97. The number of phenolic OH excluding ortho intramolecular Hbond substituents is 5. The number of aliphatic hydroxyl groups excluding tert-OH is 1. The van der Waals surface area contributed by atoms with Crippen LogP contribution in [0.1, 0.15) is 126 Å². The minimum Gasteiger partial charge on any atom is -0.508 e. The number of aliphatic hydroxyl groups is 1. The molecule has 0 bridgehead atoms.